The number of hydrogen-bond donors (Lipinski definition) is 6. The zero-order valence-electron chi connectivity index (χ0n) is 22.0. The molecule has 44 heavy (non-hydrogen) atoms. The molecule has 7 N–H and O–H groups in total. The van der Waals surface area contributed by atoms with Crippen molar-refractivity contribution in [3.63, 3.8) is 0 Å². The lowest BCUT2D eigenvalue weighted by molar-refractivity contribution is -0.0577. The number of anilines is 2. The fraction of sp³-hybridized carbons (Fsp3) is 0.500. The summed E-state index contributed by atoms with van der Waals surface area (Å²) >= 11 is 9.33. The number of aliphatic hydroxyl groups excluding tert-OH is 2. The second-order valence-corrected chi connectivity index (χ2v) is 15.6. The quantitative estimate of drug-likeness (QED) is 0.113. The molecule has 7 rings (SSSR count). The van der Waals surface area contributed by atoms with Gasteiger partial charge >= 0.3 is 13.5 Å². The van der Waals surface area contributed by atoms with Gasteiger partial charge in [0.2, 0.25) is 11.9 Å². The van der Waals surface area contributed by atoms with E-state index in [1.54, 1.807) is 0 Å². The molecule has 0 amide bonds. The van der Waals surface area contributed by atoms with Crippen LogP contribution in [0.1, 0.15) is 12.5 Å². The first-order chi connectivity index (χ1) is 20.9. The van der Waals surface area contributed by atoms with Crippen molar-refractivity contribution in [2.75, 3.05) is 24.7 Å². The van der Waals surface area contributed by atoms with E-state index in [2.05, 4.69) is 42.2 Å². The number of ether oxygens (including phenoxy) is 2. The molecular weight excluding hydrogens is 666 g/mol. The van der Waals surface area contributed by atoms with Gasteiger partial charge in [-0.2, -0.15) is 9.97 Å². The third-order valence-corrected chi connectivity index (χ3v) is 10.3. The van der Waals surface area contributed by atoms with Gasteiger partial charge in [-0.25, -0.2) is 24.5 Å². The predicted molar refractivity (Wildman–Crippen MR) is 154 cm³/mol. The largest absolute Gasteiger partial charge is 0.386 e. The van der Waals surface area contributed by atoms with Gasteiger partial charge in [-0.05, 0) is 11.8 Å². The van der Waals surface area contributed by atoms with Crippen LogP contribution in [-0.4, -0.2) is 104 Å². The highest BCUT2D eigenvalue weighted by atomic mass is 32.7. The molecule has 10 atom stereocenters. The molecule has 0 aliphatic carbocycles. The van der Waals surface area contributed by atoms with Crippen LogP contribution < -0.4 is 11.5 Å². The van der Waals surface area contributed by atoms with Gasteiger partial charge in [-0.1, -0.05) is 12.2 Å². The van der Waals surface area contributed by atoms with Gasteiger partial charge in [0.25, 0.3) is 0 Å². The van der Waals surface area contributed by atoms with Crippen LogP contribution in [0.5, 0.6) is 0 Å². The van der Waals surface area contributed by atoms with Crippen molar-refractivity contribution >= 4 is 71.8 Å². The zero-order chi connectivity index (χ0) is 31.0. The Morgan fingerprint density at radius 3 is 1.84 bits per heavy atom. The highest BCUT2D eigenvalue weighted by Gasteiger charge is 2.53. The summed E-state index contributed by atoms with van der Waals surface area (Å²) in [5.74, 6) is -0.0823. The molecule has 0 radical (unpaired) electrons. The van der Waals surface area contributed by atoms with Gasteiger partial charge in [-0.3, -0.25) is 22.7 Å². The third-order valence-electron chi connectivity index (χ3n) is 7.15. The first-order valence-electron chi connectivity index (χ1n) is 12.8. The van der Waals surface area contributed by atoms with Crippen molar-refractivity contribution in [1.29, 1.82) is 0 Å². The summed E-state index contributed by atoms with van der Waals surface area (Å²) in [7, 11) is 0. The molecule has 20 nitrogen and oxygen atoms in total. The number of imidazole rings is 2. The van der Waals surface area contributed by atoms with E-state index in [-0.39, 0.29) is 23.2 Å². The Labute approximate surface area is 256 Å². The van der Waals surface area contributed by atoms with Crippen molar-refractivity contribution in [2.24, 2.45) is 0 Å². The summed E-state index contributed by atoms with van der Waals surface area (Å²) in [6.45, 7) is -9.39. The molecule has 3 saturated heterocycles. The van der Waals surface area contributed by atoms with Crippen LogP contribution in [0, 0.1) is 0 Å². The second-order valence-electron chi connectivity index (χ2n) is 9.96. The molecule has 0 spiro atoms. The molecule has 24 heteroatoms. The van der Waals surface area contributed by atoms with Gasteiger partial charge in [0.15, 0.2) is 23.8 Å². The van der Waals surface area contributed by atoms with Gasteiger partial charge in [0.05, 0.1) is 38.3 Å². The molecule has 3 aliphatic heterocycles. The minimum Gasteiger partial charge on any atom is -0.386 e. The van der Waals surface area contributed by atoms with Crippen LogP contribution in [0.4, 0.5) is 11.9 Å². The molecule has 0 bridgehead atoms. The number of fused-ring (bicyclic) bond motifs is 4. The Kier molecular flexibility index (Phi) is 7.64. The summed E-state index contributed by atoms with van der Waals surface area (Å²) in [5.41, 5.74) is 12.7. The highest BCUT2D eigenvalue weighted by Crippen LogP contribution is 2.58. The topological polar surface area (TPSA) is 272 Å². The van der Waals surface area contributed by atoms with Crippen molar-refractivity contribution < 1.29 is 47.2 Å². The second kappa shape index (κ2) is 11.1. The molecule has 3 aliphatic rings. The molecule has 0 saturated carbocycles. The van der Waals surface area contributed by atoms with Gasteiger partial charge in [0.1, 0.15) is 47.7 Å². The van der Waals surface area contributed by atoms with E-state index in [4.69, 9.17) is 50.8 Å². The monoisotopic (exact) mass is 690 g/mol. The standard InChI is InChI=1S/C20H24N10O10P2S2/c21-19-23-1-7-15(27-19)29(5-25-7)17-11(31)13-9(37-17)3-35-42(34,44)40-14-10(4-36-41(33,43)39-13)38-18(12(14)32)30-6-26-8-2-24-20(22)28-16(8)30/h1-2,5-6,9-14,17-18,31-32H,3-4H2,(H,33,43)(H,34,44)(H2,21,23,27)(H2,22,24,28)/t9-,10-,11-,12-,13-,14-,17-,18-,41?,42?/m1/s1. The van der Waals surface area contributed by atoms with E-state index in [0.29, 0.717) is 11.0 Å². The molecule has 7 heterocycles. The Bertz CT molecular complexity index is 1700. The summed E-state index contributed by atoms with van der Waals surface area (Å²) in [4.78, 5) is 35.4. The van der Waals surface area contributed by atoms with Crippen LogP contribution in [-0.2, 0) is 43.9 Å². The maximum absolute atomic E-state index is 13.4. The maximum Gasteiger partial charge on any atom is 0.386 e. The normalized spacial score (nSPS) is 38.3. The number of rotatable bonds is 2. The number of hydrogen-bond acceptors (Lipinski definition) is 18. The Morgan fingerprint density at radius 1 is 0.841 bits per heavy atom. The number of nitrogens with zero attached hydrogens (tertiary/aromatic N) is 8. The van der Waals surface area contributed by atoms with E-state index in [0.717, 1.165) is 0 Å². The lowest BCUT2D eigenvalue weighted by atomic mass is 10.1. The van der Waals surface area contributed by atoms with E-state index >= 15 is 0 Å². The molecule has 3 fully saturated rings. The summed E-state index contributed by atoms with van der Waals surface area (Å²) in [6.07, 6.45) is -4.92. The molecule has 2 unspecified atom stereocenters. The van der Waals surface area contributed by atoms with Crippen LogP contribution in [0.2, 0.25) is 0 Å². The third kappa shape index (κ3) is 5.49. The number of aliphatic hydroxyl groups is 2. The summed E-state index contributed by atoms with van der Waals surface area (Å²) < 4.78 is 50.6. The average Bonchev–Trinajstić information content (AvgIpc) is 3.71. The molecular formula is C20H24N10O10P2S2. The number of thiol groups is 1. The van der Waals surface area contributed by atoms with Gasteiger partial charge in [0, 0.05) is 0 Å². The number of aromatic nitrogens is 8. The van der Waals surface area contributed by atoms with Crippen molar-refractivity contribution in [2.45, 2.75) is 49.1 Å². The van der Waals surface area contributed by atoms with Gasteiger partial charge < -0.3 is 40.6 Å². The van der Waals surface area contributed by atoms with E-state index in [9.17, 15) is 19.7 Å². The number of nitrogen functional groups attached to an aromatic ring is 2. The van der Waals surface area contributed by atoms with Crippen LogP contribution in [0.3, 0.4) is 0 Å². The van der Waals surface area contributed by atoms with Gasteiger partial charge in [-0.15, -0.1) is 0 Å². The molecule has 4 aromatic rings. The van der Waals surface area contributed by atoms with Crippen LogP contribution in [0.25, 0.3) is 22.3 Å². The Balaban J connectivity index is 1.16. The van der Waals surface area contributed by atoms with Crippen molar-refractivity contribution in [1.82, 2.24) is 39.0 Å². The predicted octanol–water partition coefficient (Wildman–Crippen LogP) is -0.581. The Hall–Kier alpha value is -2.43. The average molecular weight is 691 g/mol. The van der Waals surface area contributed by atoms with Crippen LogP contribution in [0.15, 0.2) is 25.0 Å². The summed E-state index contributed by atoms with van der Waals surface area (Å²) in [5, 5.41) is 22.5. The van der Waals surface area contributed by atoms with E-state index in [1.165, 1.54) is 34.2 Å². The summed E-state index contributed by atoms with van der Waals surface area (Å²) in [6, 6.07) is 0. The van der Waals surface area contributed by atoms with E-state index < -0.39 is 75.8 Å². The molecule has 4 aromatic heterocycles. The Morgan fingerprint density at radius 2 is 1.32 bits per heavy atom. The fourth-order valence-corrected chi connectivity index (χ4v) is 8.12. The minimum absolute atomic E-state index is 0.0407. The minimum atomic E-state index is -4.26. The van der Waals surface area contributed by atoms with E-state index in [1.807, 2.05) is 0 Å². The lowest BCUT2D eigenvalue weighted by Gasteiger charge is -2.29. The molecule has 0 aromatic carbocycles. The first kappa shape index (κ1) is 30.2. The smallest absolute Gasteiger partial charge is 0.386 e. The molecule has 236 valence electrons. The van der Waals surface area contributed by atoms with Crippen LogP contribution >= 0.6 is 25.8 Å². The van der Waals surface area contributed by atoms with Crippen molar-refractivity contribution in [3.8, 4) is 0 Å². The highest BCUT2D eigenvalue weighted by molar-refractivity contribution is 8.44. The number of nitrogens with two attached hydrogens (primary N) is 2. The first-order valence-corrected chi connectivity index (χ1v) is 18.1. The zero-order valence-corrected chi connectivity index (χ0v) is 25.5. The lowest BCUT2D eigenvalue weighted by Crippen LogP contribution is -2.38. The fourth-order valence-electron chi connectivity index (χ4n) is 5.18. The SMILES string of the molecule is Nc1ncc2ncn([C@@H]3O[C@@H]4COP(O)(=S)O[C@H]5[C@@H](O)[C@H](n6cnc7cnc(N)nc76)O[C@@H]5COP(=O)(S)O[C@H]4[C@H]3O)c2n1. The van der Waals surface area contributed by atoms with Crippen molar-refractivity contribution in [3.05, 3.63) is 25.0 Å². The maximum atomic E-state index is 13.4.